The van der Waals surface area contributed by atoms with E-state index in [1.165, 1.54) is 5.69 Å². The predicted octanol–water partition coefficient (Wildman–Crippen LogP) is 4.78. The molecule has 3 heterocycles. The number of methoxy groups -OCH3 is 1. The fourth-order valence-corrected chi connectivity index (χ4v) is 4.42. The monoisotopic (exact) mass is 430 g/mol. The second-order valence-electron chi connectivity index (χ2n) is 9.31. The van der Waals surface area contributed by atoms with Crippen molar-refractivity contribution in [1.82, 2.24) is 20.1 Å². The van der Waals surface area contributed by atoms with E-state index in [-0.39, 0.29) is 5.54 Å². The van der Waals surface area contributed by atoms with Crippen LogP contribution in [0.15, 0.2) is 48.7 Å². The van der Waals surface area contributed by atoms with Crippen LogP contribution in [0, 0.1) is 0 Å². The van der Waals surface area contributed by atoms with Crippen molar-refractivity contribution in [3.63, 3.8) is 0 Å². The normalized spacial score (nSPS) is 15.4. The Balaban J connectivity index is 1.36. The molecule has 0 saturated carbocycles. The zero-order valence-corrected chi connectivity index (χ0v) is 19.1. The minimum atomic E-state index is 0.232. The predicted molar refractivity (Wildman–Crippen MR) is 131 cm³/mol. The van der Waals surface area contributed by atoms with Crippen molar-refractivity contribution in [1.29, 1.82) is 0 Å². The molecule has 1 aliphatic heterocycles. The van der Waals surface area contributed by atoms with Gasteiger partial charge in [-0.1, -0.05) is 0 Å². The van der Waals surface area contributed by atoms with Crippen LogP contribution in [0.5, 0.6) is 5.75 Å². The number of anilines is 3. The molecule has 2 aromatic carbocycles. The van der Waals surface area contributed by atoms with Crippen LogP contribution in [0.25, 0.3) is 21.8 Å². The highest BCUT2D eigenvalue weighted by atomic mass is 16.5. The molecule has 0 unspecified atom stereocenters. The van der Waals surface area contributed by atoms with Gasteiger partial charge in [0.15, 0.2) is 5.82 Å². The molecule has 4 aromatic rings. The molecule has 0 aliphatic carbocycles. The van der Waals surface area contributed by atoms with Gasteiger partial charge in [0.25, 0.3) is 0 Å². The summed E-state index contributed by atoms with van der Waals surface area (Å²) in [4.78, 5) is 9.83. The van der Waals surface area contributed by atoms with Gasteiger partial charge in [0.1, 0.15) is 11.3 Å². The van der Waals surface area contributed by atoms with Crippen LogP contribution < -0.4 is 15.0 Å². The van der Waals surface area contributed by atoms with E-state index >= 15 is 0 Å². The first-order valence-corrected chi connectivity index (χ1v) is 11.1. The smallest absolute Gasteiger partial charge is 0.159 e. The van der Waals surface area contributed by atoms with Crippen molar-refractivity contribution < 1.29 is 4.74 Å². The standard InChI is InChI=1S/C25H30N6O/c1-25(2,3)31-13-11-30(12-14-31)18-7-5-17(6-8-18)27-24-23-21(16-26-29-23)20-15-19(32-4)9-10-22(20)28-24/h5-10,15-16H,11-14H2,1-4H3,(H,26,29)(H,27,28). The Morgan fingerprint density at radius 1 is 0.969 bits per heavy atom. The molecule has 7 heteroatoms. The molecule has 0 atom stereocenters. The largest absolute Gasteiger partial charge is 0.497 e. The number of hydrogen-bond acceptors (Lipinski definition) is 6. The van der Waals surface area contributed by atoms with E-state index in [9.17, 15) is 0 Å². The van der Waals surface area contributed by atoms with E-state index in [1.54, 1.807) is 7.11 Å². The molecule has 5 rings (SSSR count). The zero-order chi connectivity index (χ0) is 22.3. The van der Waals surface area contributed by atoms with Crippen LogP contribution >= 0.6 is 0 Å². The zero-order valence-electron chi connectivity index (χ0n) is 19.1. The highest BCUT2D eigenvalue weighted by molar-refractivity contribution is 6.09. The second-order valence-corrected chi connectivity index (χ2v) is 9.31. The third-order valence-electron chi connectivity index (χ3n) is 6.31. The van der Waals surface area contributed by atoms with Crippen molar-refractivity contribution in [3.8, 4) is 5.75 Å². The average molecular weight is 431 g/mol. The molecular formula is C25H30N6O. The number of aromatic nitrogens is 3. The van der Waals surface area contributed by atoms with Crippen LogP contribution in [0.3, 0.4) is 0 Å². The quantitative estimate of drug-likeness (QED) is 0.485. The lowest BCUT2D eigenvalue weighted by molar-refractivity contribution is 0.128. The lowest BCUT2D eigenvalue weighted by atomic mass is 10.0. The van der Waals surface area contributed by atoms with Gasteiger partial charge in [0, 0.05) is 60.1 Å². The summed E-state index contributed by atoms with van der Waals surface area (Å²) < 4.78 is 5.38. The van der Waals surface area contributed by atoms with Gasteiger partial charge in [-0.15, -0.1) is 0 Å². The first kappa shape index (κ1) is 20.6. The number of benzene rings is 2. The number of nitrogens with zero attached hydrogens (tertiary/aromatic N) is 4. The molecule has 32 heavy (non-hydrogen) atoms. The van der Waals surface area contributed by atoms with Crippen LogP contribution in [0.2, 0.25) is 0 Å². The number of aromatic amines is 1. The van der Waals surface area contributed by atoms with Gasteiger partial charge in [-0.3, -0.25) is 10.00 Å². The van der Waals surface area contributed by atoms with Gasteiger partial charge in [-0.25, -0.2) is 4.98 Å². The van der Waals surface area contributed by atoms with Gasteiger partial charge >= 0.3 is 0 Å². The van der Waals surface area contributed by atoms with Crippen molar-refractivity contribution in [2.75, 3.05) is 43.5 Å². The van der Waals surface area contributed by atoms with Gasteiger partial charge < -0.3 is 15.0 Å². The summed E-state index contributed by atoms with van der Waals surface area (Å²) in [5.41, 5.74) is 4.19. The summed E-state index contributed by atoms with van der Waals surface area (Å²) in [6.45, 7) is 11.1. The summed E-state index contributed by atoms with van der Waals surface area (Å²) in [6.07, 6.45) is 1.91. The molecule has 0 amide bonds. The maximum absolute atomic E-state index is 5.38. The Hall–Kier alpha value is -3.32. The molecule has 1 aliphatic rings. The SMILES string of the molecule is COc1ccc2nc(Nc3ccc(N4CCN(C(C)(C)C)CC4)cc3)c3n[nH]cc3c2c1. The Morgan fingerprint density at radius 2 is 1.72 bits per heavy atom. The minimum absolute atomic E-state index is 0.232. The number of nitrogens with one attached hydrogen (secondary N) is 2. The molecule has 166 valence electrons. The summed E-state index contributed by atoms with van der Waals surface area (Å²) >= 11 is 0. The van der Waals surface area contributed by atoms with Gasteiger partial charge in [0.05, 0.1) is 12.6 Å². The molecule has 0 bridgehead atoms. The maximum atomic E-state index is 5.38. The lowest BCUT2D eigenvalue weighted by Crippen LogP contribution is -2.53. The Labute approximate surface area is 188 Å². The number of rotatable bonds is 4. The molecule has 7 nitrogen and oxygen atoms in total. The number of H-pyrrole nitrogens is 1. The van der Waals surface area contributed by atoms with E-state index in [4.69, 9.17) is 9.72 Å². The summed E-state index contributed by atoms with van der Waals surface area (Å²) in [7, 11) is 1.67. The molecule has 2 N–H and O–H groups in total. The Morgan fingerprint density at radius 3 is 2.41 bits per heavy atom. The second kappa shape index (κ2) is 7.98. The van der Waals surface area contributed by atoms with E-state index in [0.717, 1.165) is 65.2 Å². The Bertz CT molecular complexity index is 1230. The van der Waals surface area contributed by atoms with Crippen LogP contribution in [0.4, 0.5) is 17.2 Å². The van der Waals surface area contributed by atoms with Crippen molar-refractivity contribution in [2.45, 2.75) is 26.3 Å². The highest BCUT2D eigenvalue weighted by Gasteiger charge is 2.25. The average Bonchev–Trinajstić information content (AvgIpc) is 3.30. The molecule has 2 aromatic heterocycles. The lowest BCUT2D eigenvalue weighted by Gasteiger charge is -2.43. The Kier molecular flexibility index (Phi) is 5.13. The fourth-order valence-electron chi connectivity index (χ4n) is 4.42. The first-order valence-electron chi connectivity index (χ1n) is 11.1. The highest BCUT2D eigenvalue weighted by Crippen LogP contribution is 2.32. The number of hydrogen-bond donors (Lipinski definition) is 2. The molecule has 0 radical (unpaired) electrons. The van der Waals surface area contributed by atoms with Gasteiger partial charge in [0.2, 0.25) is 0 Å². The first-order chi connectivity index (χ1) is 15.4. The number of fused-ring (bicyclic) bond motifs is 3. The van der Waals surface area contributed by atoms with Crippen LogP contribution in [-0.2, 0) is 0 Å². The van der Waals surface area contributed by atoms with E-state index in [1.807, 2.05) is 24.4 Å². The van der Waals surface area contributed by atoms with E-state index in [2.05, 4.69) is 70.4 Å². The number of ether oxygens (including phenoxy) is 1. The van der Waals surface area contributed by atoms with Gasteiger partial charge in [-0.05, 0) is 63.2 Å². The summed E-state index contributed by atoms with van der Waals surface area (Å²) in [5, 5.41) is 12.9. The summed E-state index contributed by atoms with van der Waals surface area (Å²) in [5.74, 6) is 1.55. The van der Waals surface area contributed by atoms with E-state index < -0.39 is 0 Å². The van der Waals surface area contributed by atoms with Crippen molar-refractivity contribution in [2.24, 2.45) is 0 Å². The van der Waals surface area contributed by atoms with Gasteiger partial charge in [-0.2, -0.15) is 5.10 Å². The molecule has 1 fully saturated rings. The number of piperazine rings is 1. The fraction of sp³-hybridized carbons (Fsp3) is 0.360. The van der Waals surface area contributed by atoms with Crippen LogP contribution in [0.1, 0.15) is 20.8 Å². The third-order valence-corrected chi connectivity index (χ3v) is 6.31. The minimum Gasteiger partial charge on any atom is -0.497 e. The van der Waals surface area contributed by atoms with Crippen molar-refractivity contribution in [3.05, 3.63) is 48.7 Å². The van der Waals surface area contributed by atoms with E-state index in [0.29, 0.717) is 0 Å². The molecule has 0 spiro atoms. The van der Waals surface area contributed by atoms with Crippen LogP contribution in [-0.4, -0.2) is 58.9 Å². The maximum Gasteiger partial charge on any atom is 0.159 e. The topological polar surface area (TPSA) is 69.3 Å². The molecular weight excluding hydrogens is 400 g/mol. The van der Waals surface area contributed by atoms with Crippen molar-refractivity contribution >= 4 is 39.0 Å². The number of pyridine rings is 1. The third kappa shape index (κ3) is 3.84. The molecule has 1 saturated heterocycles. The summed E-state index contributed by atoms with van der Waals surface area (Å²) in [6, 6.07) is 14.5.